The van der Waals surface area contributed by atoms with Gasteiger partial charge in [0.15, 0.2) is 0 Å². The maximum atomic E-state index is 13.0. The maximum absolute atomic E-state index is 13.0. The van der Waals surface area contributed by atoms with E-state index in [1.165, 1.54) is 4.90 Å². The fraction of sp³-hybridized carbons (Fsp3) is 0.318. The fourth-order valence-electron chi connectivity index (χ4n) is 5.10. The molecule has 0 N–H and O–H groups in total. The summed E-state index contributed by atoms with van der Waals surface area (Å²) in [4.78, 5) is 39.7. The molecule has 2 aromatic carbocycles. The lowest BCUT2D eigenvalue weighted by Crippen LogP contribution is -2.32. The minimum absolute atomic E-state index is 0.120. The number of hydrogen-bond acceptors (Lipinski definition) is 4. The minimum Gasteiger partial charge on any atom is -0.423 e. The summed E-state index contributed by atoms with van der Waals surface area (Å²) >= 11 is 5.84. The van der Waals surface area contributed by atoms with E-state index in [-0.39, 0.29) is 29.2 Å². The molecule has 2 aromatic rings. The number of anilines is 1. The van der Waals surface area contributed by atoms with Crippen LogP contribution in [-0.2, 0) is 9.59 Å². The number of fused-ring (bicyclic) bond motifs is 5. The normalized spacial score (nSPS) is 28.0. The van der Waals surface area contributed by atoms with Crippen molar-refractivity contribution >= 4 is 35.1 Å². The lowest BCUT2D eigenvalue weighted by Gasteiger charge is -2.19. The standard InChI is InChI=1S/C22H18ClNO4/c23-15-6-8-17(9-7-15)28-22(27)14-2-1-3-16(11-14)24-20(25)18-12-4-5-13(10-12)19(18)21(24)26/h1-3,6-9,11-13,18-19H,4-5,10H2/t12-,13-,18+,19+/m1/s1. The molecule has 142 valence electrons. The van der Waals surface area contributed by atoms with Crippen molar-refractivity contribution < 1.29 is 19.1 Å². The summed E-state index contributed by atoms with van der Waals surface area (Å²) in [7, 11) is 0. The molecule has 2 saturated carbocycles. The van der Waals surface area contributed by atoms with Gasteiger partial charge in [-0.05, 0) is 73.6 Å². The van der Waals surface area contributed by atoms with Crippen LogP contribution in [0.3, 0.4) is 0 Å². The largest absolute Gasteiger partial charge is 0.423 e. The van der Waals surface area contributed by atoms with Gasteiger partial charge in [-0.25, -0.2) is 4.79 Å². The van der Waals surface area contributed by atoms with Crippen LogP contribution in [0.15, 0.2) is 48.5 Å². The van der Waals surface area contributed by atoms with Gasteiger partial charge in [0.2, 0.25) is 11.8 Å². The first-order valence-electron chi connectivity index (χ1n) is 9.48. The highest BCUT2D eigenvalue weighted by Crippen LogP contribution is 2.56. The van der Waals surface area contributed by atoms with Gasteiger partial charge >= 0.3 is 5.97 Å². The van der Waals surface area contributed by atoms with Crippen molar-refractivity contribution in [1.29, 1.82) is 0 Å². The van der Waals surface area contributed by atoms with Crippen LogP contribution in [0.2, 0.25) is 5.02 Å². The van der Waals surface area contributed by atoms with Crippen molar-refractivity contribution in [3.8, 4) is 5.75 Å². The number of carbonyl (C=O) groups excluding carboxylic acids is 3. The average Bonchev–Trinajstić information content (AvgIpc) is 3.37. The SMILES string of the molecule is O=C(Oc1ccc(Cl)cc1)c1cccc(N2C(=O)[C@H]3[C@@H]4CC[C@H](C4)[C@@H]3C2=O)c1. The Morgan fingerprint density at radius 2 is 1.61 bits per heavy atom. The predicted molar refractivity (Wildman–Crippen MR) is 103 cm³/mol. The summed E-state index contributed by atoms with van der Waals surface area (Å²) in [6.07, 6.45) is 3.06. The second-order valence-corrected chi connectivity index (χ2v) is 8.23. The van der Waals surface area contributed by atoms with Crippen LogP contribution < -0.4 is 9.64 Å². The van der Waals surface area contributed by atoms with Gasteiger partial charge < -0.3 is 4.74 Å². The highest BCUT2D eigenvalue weighted by atomic mass is 35.5. The molecule has 5 nitrogen and oxygen atoms in total. The summed E-state index contributed by atoms with van der Waals surface area (Å²) < 4.78 is 5.36. The van der Waals surface area contributed by atoms with E-state index in [0.29, 0.717) is 28.3 Å². The fourth-order valence-corrected chi connectivity index (χ4v) is 5.23. The molecule has 3 fully saturated rings. The Morgan fingerprint density at radius 3 is 2.25 bits per heavy atom. The molecule has 3 aliphatic rings. The molecule has 1 heterocycles. The molecule has 0 spiro atoms. The number of hydrogen-bond donors (Lipinski definition) is 0. The lowest BCUT2D eigenvalue weighted by molar-refractivity contribution is -0.123. The number of benzene rings is 2. The first-order valence-corrected chi connectivity index (χ1v) is 9.86. The molecule has 0 radical (unpaired) electrons. The third-order valence-electron chi connectivity index (χ3n) is 6.29. The van der Waals surface area contributed by atoms with Crippen LogP contribution in [0.5, 0.6) is 5.75 Å². The summed E-state index contributed by atoms with van der Waals surface area (Å²) in [5, 5.41) is 0.548. The Bertz CT molecular complexity index is 958. The van der Waals surface area contributed by atoms with Crippen LogP contribution in [0, 0.1) is 23.7 Å². The van der Waals surface area contributed by atoms with Gasteiger partial charge in [-0.15, -0.1) is 0 Å². The topological polar surface area (TPSA) is 63.7 Å². The molecular weight excluding hydrogens is 378 g/mol. The number of amides is 2. The minimum atomic E-state index is -0.552. The summed E-state index contributed by atoms with van der Waals surface area (Å²) in [6.45, 7) is 0. The molecule has 2 aliphatic carbocycles. The number of carbonyl (C=O) groups is 3. The predicted octanol–water partition coefficient (Wildman–Crippen LogP) is 4.09. The highest BCUT2D eigenvalue weighted by molar-refractivity contribution is 6.30. The Hall–Kier alpha value is -2.66. The van der Waals surface area contributed by atoms with Crippen molar-refractivity contribution in [3.05, 3.63) is 59.1 Å². The Labute approximate surface area is 167 Å². The smallest absolute Gasteiger partial charge is 0.343 e. The van der Waals surface area contributed by atoms with Crippen LogP contribution >= 0.6 is 11.6 Å². The number of rotatable bonds is 3. The molecular formula is C22H18ClNO4. The summed E-state index contributed by atoms with van der Waals surface area (Å²) in [6, 6.07) is 13.0. The molecule has 4 atom stereocenters. The number of halogens is 1. The zero-order valence-electron chi connectivity index (χ0n) is 15.0. The van der Waals surface area contributed by atoms with Crippen LogP contribution in [-0.4, -0.2) is 17.8 Å². The van der Waals surface area contributed by atoms with Crippen molar-refractivity contribution in [1.82, 2.24) is 0 Å². The molecule has 5 rings (SSSR count). The third-order valence-corrected chi connectivity index (χ3v) is 6.54. The molecule has 28 heavy (non-hydrogen) atoms. The van der Waals surface area contributed by atoms with Gasteiger partial charge in [-0.1, -0.05) is 17.7 Å². The molecule has 0 aromatic heterocycles. The molecule has 2 bridgehead atoms. The molecule has 1 saturated heterocycles. The first-order chi connectivity index (χ1) is 13.5. The van der Waals surface area contributed by atoms with Gasteiger partial charge in [0.25, 0.3) is 0 Å². The van der Waals surface area contributed by atoms with E-state index in [1.807, 2.05) is 0 Å². The number of esters is 1. The van der Waals surface area contributed by atoms with E-state index in [1.54, 1.807) is 48.5 Å². The van der Waals surface area contributed by atoms with Gasteiger partial charge in [-0.3, -0.25) is 14.5 Å². The Morgan fingerprint density at radius 1 is 0.964 bits per heavy atom. The molecule has 1 aliphatic heterocycles. The second kappa shape index (κ2) is 6.45. The quantitative estimate of drug-likeness (QED) is 0.446. The van der Waals surface area contributed by atoms with Crippen molar-refractivity contribution in [2.24, 2.45) is 23.7 Å². The Balaban J connectivity index is 1.40. The van der Waals surface area contributed by atoms with E-state index in [2.05, 4.69) is 0 Å². The number of nitrogens with zero attached hydrogens (tertiary/aromatic N) is 1. The van der Waals surface area contributed by atoms with Crippen molar-refractivity contribution in [3.63, 3.8) is 0 Å². The molecule has 2 amide bonds. The Kier molecular flexibility index (Phi) is 4.02. The highest BCUT2D eigenvalue weighted by Gasteiger charge is 2.61. The van der Waals surface area contributed by atoms with Gasteiger partial charge in [0.05, 0.1) is 23.1 Å². The third kappa shape index (κ3) is 2.65. The summed E-state index contributed by atoms with van der Waals surface area (Å²) in [5.74, 6) is -0.130. The first kappa shape index (κ1) is 17.4. The number of imide groups is 1. The van der Waals surface area contributed by atoms with Crippen molar-refractivity contribution in [2.45, 2.75) is 19.3 Å². The van der Waals surface area contributed by atoms with Gasteiger partial charge in [0.1, 0.15) is 5.75 Å². The number of ether oxygens (including phenoxy) is 1. The lowest BCUT2D eigenvalue weighted by atomic mass is 9.81. The molecule has 6 heteroatoms. The average molecular weight is 396 g/mol. The van der Waals surface area contributed by atoms with E-state index >= 15 is 0 Å². The van der Waals surface area contributed by atoms with Crippen LogP contribution in [0.4, 0.5) is 5.69 Å². The second-order valence-electron chi connectivity index (χ2n) is 7.79. The van der Waals surface area contributed by atoms with Gasteiger partial charge in [0, 0.05) is 5.02 Å². The van der Waals surface area contributed by atoms with Crippen molar-refractivity contribution in [2.75, 3.05) is 4.90 Å². The zero-order chi connectivity index (χ0) is 19.4. The van der Waals surface area contributed by atoms with E-state index in [4.69, 9.17) is 16.3 Å². The zero-order valence-corrected chi connectivity index (χ0v) is 15.8. The van der Waals surface area contributed by atoms with E-state index in [0.717, 1.165) is 19.3 Å². The van der Waals surface area contributed by atoms with E-state index < -0.39 is 5.97 Å². The summed E-state index contributed by atoms with van der Waals surface area (Å²) in [5.41, 5.74) is 0.724. The van der Waals surface area contributed by atoms with Crippen LogP contribution in [0.25, 0.3) is 0 Å². The van der Waals surface area contributed by atoms with Gasteiger partial charge in [-0.2, -0.15) is 0 Å². The molecule has 0 unspecified atom stereocenters. The maximum Gasteiger partial charge on any atom is 0.343 e. The monoisotopic (exact) mass is 395 g/mol. The van der Waals surface area contributed by atoms with E-state index in [9.17, 15) is 14.4 Å². The van der Waals surface area contributed by atoms with Crippen LogP contribution in [0.1, 0.15) is 29.6 Å².